The highest BCUT2D eigenvalue weighted by molar-refractivity contribution is 9.10. The van der Waals surface area contributed by atoms with Gasteiger partial charge in [0.25, 0.3) is 0 Å². The van der Waals surface area contributed by atoms with Gasteiger partial charge in [0.05, 0.1) is 24.4 Å². The van der Waals surface area contributed by atoms with Gasteiger partial charge in [0.1, 0.15) is 17.9 Å². The third-order valence-electron chi connectivity index (χ3n) is 3.81. The molecule has 0 bridgehead atoms. The molecule has 0 fully saturated rings. The van der Waals surface area contributed by atoms with Crippen molar-refractivity contribution in [2.45, 2.75) is 26.2 Å². The summed E-state index contributed by atoms with van der Waals surface area (Å²) < 4.78 is 11.5. The average molecular weight is 462 g/mol. The molecule has 7 nitrogen and oxygen atoms in total. The fourth-order valence-corrected chi connectivity index (χ4v) is 2.80. The van der Waals surface area contributed by atoms with Crippen LogP contribution in [0.3, 0.4) is 0 Å². The number of hydrogen-bond acceptors (Lipinski definition) is 5. The van der Waals surface area contributed by atoms with Crippen molar-refractivity contribution in [2.24, 2.45) is 5.10 Å². The van der Waals surface area contributed by atoms with Crippen LogP contribution in [0.5, 0.6) is 11.5 Å². The first-order valence-electron chi connectivity index (χ1n) is 9.20. The topological polar surface area (TPSA) is 89.0 Å². The van der Waals surface area contributed by atoms with E-state index in [1.807, 2.05) is 18.2 Å². The van der Waals surface area contributed by atoms with Gasteiger partial charge in [0, 0.05) is 5.69 Å². The summed E-state index contributed by atoms with van der Waals surface area (Å²) >= 11 is 3.46. The molecular weight excluding hydrogens is 438 g/mol. The van der Waals surface area contributed by atoms with Gasteiger partial charge in [-0.05, 0) is 70.4 Å². The molecule has 0 unspecified atom stereocenters. The third-order valence-corrected chi connectivity index (χ3v) is 4.43. The van der Waals surface area contributed by atoms with E-state index in [0.717, 1.165) is 28.6 Å². The van der Waals surface area contributed by atoms with Gasteiger partial charge < -0.3 is 14.8 Å². The summed E-state index contributed by atoms with van der Waals surface area (Å²) in [6, 6.07) is 12.3. The molecule has 2 aromatic rings. The molecule has 154 valence electrons. The van der Waals surface area contributed by atoms with Crippen LogP contribution in [0.15, 0.2) is 52.0 Å². The van der Waals surface area contributed by atoms with Gasteiger partial charge in [-0.15, -0.1) is 0 Å². The Bertz CT molecular complexity index is 854. The van der Waals surface area contributed by atoms with Crippen molar-refractivity contribution in [1.29, 1.82) is 0 Å². The van der Waals surface area contributed by atoms with E-state index in [2.05, 4.69) is 38.7 Å². The van der Waals surface area contributed by atoms with Gasteiger partial charge in [-0.3, -0.25) is 9.59 Å². The molecule has 0 aliphatic heterocycles. The normalized spacial score (nSPS) is 10.6. The largest absolute Gasteiger partial charge is 0.497 e. The molecular formula is C21H24BrN3O4. The quantitative estimate of drug-likeness (QED) is 0.241. The Balaban J connectivity index is 1.79. The van der Waals surface area contributed by atoms with Crippen molar-refractivity contribution in [1.82, 2.24) is 5.43 Å². The maximum Gasteiger partial charge on any atom is 0.249 e. The van der Waals surface area contributed by atoms with E-state index in [-0.39, 0.29) is 6.42 Å². The van der Waals surface area contributed by atoms with Crippen LogP contribution < -0.4 is 20.2 Å². The molecule has 2 N–H and O–H groups in total. The number of unbranched alkanes of at least 4 members (excludes halogenated alkanes) is 1. The molecule has 0 aliphatic carbocycles. The second-order valence-corrected chi connectivity index (χ2v) is 6.99. The Labute approximate surface area is 178 Å². The second kappa shape index (κ2) is 11.9. The predicted molar refractivity (Wildman–Crippen MR) is 117 cm³/mol. The summed E-state index contributed by atoms with van der Waals surface area (Å²) in [7, 11) is 1.56. The standard InChI is InChI=1S/C21H24BrN3O4/c1-3-4-11-29-19-10-5-15(12-18(19)22)14-23-25-21(27)13-20(26)24-16-6-8-17(28-2)9-7-16/h5-10,12,14H,3-4,11,13H2,1-2H3,(H,24,26)(H,25,27). The molecule has 29 heavy (non-hydrogen) atoms. The minimum absolute atomic E-state index is 0.336. The van der Waals surface area contributed by atoms with Gasteiger partial charge in [-0.25, -0.2) is 5.43 Å². The SMILES string of the molecule is CCCCOc1ccc(C=NNC(=O)CC(=O)Nc2ccc(OC)cc2)cc1Br. The number of hydrazone groups is 1. The Kier molecular flexibility index (Phi) is 9.17. The maximum absolute atomic E-state index is 11.9. The molecule has 0 atom stereocenters. The average Bonchev–Trinajstić information content (AvgIpc) is 2.70. The van der Waals surface area contributed by atoms with Crippen LogP contribution in [0.1, 0.15) is 31.7 Å². The lowest BCUT2D eigenvalue weighted by atomic mass is 10.2. The van der Waals surface area contributed by atoms with E-state index in [1.165, 1.54) is 6.21 Å². The fraction of sp³-hybridized carbons (Fsp3) is 0.286. The molecule has 2 aromatic carbocycles. The minimum atomic E-state index is -0.508. The number of benzene rings is 2. The number of nitrogens with one attached hydrogen (secondary N) is 2. The molecule has 2 rings (SSSR count). The molecule has 0 heterocycles. The van der Waals surface area contributed by atoms with Crippen molar-refractivity contribution in [3.8, 4) is 11.5 Å². The predicted octanol–water partition coefficient (Wildman–Crippen LogP) is 4.12. The van der Waals surface area contributed by atoms with E-state index in [9.17, 15) is 9.59 Å². The monoisotopic (exact) mass is 461 g/mol. The minimum Gasteiger partial charge on any atom is -0.497 e. The van der Waals surface area contributed by atoms with E-state index >= 15 is 0 Å². The molecule has 0 aliphatic rings. The second-order valence-electron chi connectivity index (χ2n) is 6.14. The molecule has 0 saturated carbocycles. The molecule has 0 radical (unpaired) electrons. The highest BCUT2D eigenvalue weighted by Gasteiger charge is 2.09. The molecule has 8 heteroatoms. The fourth-order valence-electron chi connectivity index (χ4n) is 2.28. The van der Waals surface area contributed by atoms with Gasteiger partial charge >= 0.3 is 0 Å². The van der Waals surface area contributed by atoms with Crippen LogP contribution in [0, 0.1) is 0 Å². The number of methoxy groups -OCH3 is 1. The lowest BCUT2D eigenvalue weighted by molar-refractivity contribution is -0.126. The summed E-state index contributed by atoms with van der Waals surface area (Å²) in [6.45, 7) is 2.77. The Morgan fingerprint density at radius 1 is 1.14 bits per heavy atom. The Hall–Kier alpha value is -2.87. The maximum atomic E-state index is 11.9. The molecule has 0 spiro atoms. The summed E-state index contributed by atoms with van der Waals surface area (Å²) in [4.78, 5) is 23.8. The van der Waals surface area contributed by atoms with Crippen molar-refractivity contribution in [3.63, 3.8) is 0 Å². The highest BCUT2D eigenvalue weighted by atomic mass is 79.9. The lowest BCUT2D eigenvalue weighted by Crippen LogP contribution is -2.24. The van der Waals surface area contributed by atoms with E-state index in [0.29, 0.717) is 18.0 Å². The van der Waals surface area contributed by atoms with Gasteiger partial charge in [0.15, 0.2) is 0 Å². The van der Waals surface area contributed by atoms with E-state index < -0.39 is 11.8 Å². The number of amides is 2. The van der Waals surface area contributed by atoms with Crippen LogP contribution in [-0.2, 0) is 9.59 Å². The van der Waals surface area contributed by atoms with E-state index in [1.54, 1.807) is 31.4 Å². The number of rotatable bonds is 10. The highest BCUT2D eigenvalue weighted by Crippen LogP contribution is 2.25. The molecule has 2 amide bonds. The van der Waals surface area contributed by atoms with Crippen LogP contribution in [0.4, 0.5) is 5.69 Å². The molecule has 0 saturated heterocycles. The van der Waals surface area contributed by atoms with Gasteiger partial charge in [-0.2, -0.15) is 5.10 Å². The van der Waals surface area contributed by atoms with Crippen LogP contribution >= 0.6 is 15.9 Å². The zero-order chi connectivity index (χ0) is 21.1. The number of hydrogen-bond donors (Lipinski definition) is 2. The number of ether oxygens (including phenoxy) is 2. The first-order chi connectivity index (χ1) is 14.0. The van der Waals surface area contributed by atoms with Crippen LogP contribution in [-0.4, -0.2) is 31.7 Å². The Morgan fingerprint density at radius 2 is 1.90 bits per heavy atom. The smallest absolute Gasteiger partial charge is 0.249 e. The van der Waals surface area contributed by atoms with Crippen molar-refractivity contribution in [3.05, 3.63) is 52.5 Å². The number of anilines is 1. The number of carbonyl (C=O) groups is 2. The van der Waals surface area contributed by atoms with Crippen LogP contribution in [0.2, 0.25) is 0 Å². The first-order valence-corrected chi connectivity index (χ1v) is 9.99. The summed E-state index contributed by atoms with van der Waals surface area (Å²) in [5.41, 5.74) is 3.71. The Morgan fingerprint density at radius 3 is 2.55 bits per heavy atom. The first kappa shape index (κ1) is 22.4. The van der Waals surface area contributed by atoms with Crippen molar-refractivity contribution < 1.29 is 19.1 Å². The third kappa shape index (κ3) is 7.95. The number of halogens is 1. The molecule has 0 aromatic heterocycles. The zero-order valence-corrected chi connectivity index (χ0v) is 18.0. The number of carbonyl (C=O) groups excluding carboxylic acids is 2. The number of nitrogens with zero attached hydrogens (tertiary/aromatic N) is 1. The lowest BCUT2D eigenvalue weighted by Gasteiger charge is -2.08. The van der Waals surface area contributed by atoms with Crippen LogP contribution in [0.25, 0.3) is 0 Å². The van der Waals surface area contributed by atoms with Crippen molar-refractivity contribution in [2.75, 3.05) is 19.0 Å². The summed E-state index contributed by atoms with van der Waals surface area (Å²) in [5, 5.41) is 6.53. The zero-order valence-electron chi connectivity index (χ0n) is 16.4. The van der Waals surface area contributed by atoms with E-state index in [4.69, 9.17) is 9.47 Å². The van der Waals surface area contributed by atoms with Gasteiger partial charge in [0.2, 0.25) is 11.8 Å². The van der Waals surface area contributed by atoms with Gasteiger partial charge in [-0.1, -0.05) is 13.3 Å². The summed E-state index contributed by atoms with van der Waals surface area (Å²) in [6.07, 6.45) is 3.23. The van der Waals surface area contributed by atoms with Crippen molar-refractivity contribution >= 4 is 39.6 Å². The summed E-state index contributed by atoms with van der Waals surface area (Å²) in [5.74, 6) is 0.502.